The molecule has 0 saturated carbocycles. The molecule has 1 N–H and O–H groups in total. The molecule has 112 valence electrons. The molecule has 2 atom stereocenters. The van der Waals surface area contributed by atoms with Crippen LogP contribution in [0.15, 0.2) is 18.2 Å². The molecular weight excluding hydrogens is 250 g/mol. The minimum absolute atomic E-state index is 0.332. The Labute approximate surface area is 122 Å². The van der Waals surface area contributed by atoms with Gasteiger partial charge in [-0.15, -0.1) is 0 Å². The molecule has 1 aliphatic rings. The highest BCUT2D eigenvalue weighted by Gasteiger charge is 2.28. The fourth-order valence-electron chi connectivity index (χ4n) is 2.84. The van der Waals surface area contributed by atoms with Crippen LogP contribution in [-0.2, 0) is 4.74 Å². The summed E-state index contributed by atoms with van der Waals surface area (Å²) in [4.78, 5) is 0. The molecule has 3 nitrogen and oxygen atoms in total. The molecule has 0 aromatic heterocycles. The first-order chi connectivity index (χ1) is 9.76. The third-order valence-electron chi connectivity index (χ3n) is 3.85. The lowest BCUT2D eigenvalue weighted by Gasteiger charge is -2.26. The van der Waals surface area contributed by atoms with Crippen LogP contribution in [0.4, 0.5) is 0 Å². The maximum atomic E-state index is 5.83. The summed E-state index contributed by atoms with van der Waals surface area (Å²) in [6, 6.07) is 6.82. The van der Waals surface area contributed by atoms with Gasteiger partial charge in [-0.3, -0.25) is 0 Å². The van der Waals surface area contributed by atoms with Gasteiger partial charge in [-0.1, -0.05) is 24.6 Å². The number of benzene rings is 1. The molecule has 0 radical (unpaired) electrons. The van der Waals surface area contributed by atoms with Crippen molar-refractivity contribution in [3.8, 4) is 5.75 Å². The second-order valence-corrected chi connectivity index (χ2v) is 5.53. The number of hydrogen-bond donors (Lipinski definition) is 1. The van der Waals surface area contributed by atoms with Gasteiger partial charge in [0.1, 0.15) is 5.75 Å². The normalized spacial score (nSPS) is 20.1. The van der Waals surface area contributed by atoms with Gasteiger partial charge in [0, 0.05) is 24.1 Å². The van der Waals surface area contributed by atoms with Gasteiger partial charge < -0.3 is 14.8 Å². The van der Waals surface area contributed by atoms with Crippen LogP contribution in [0.2, 0.25) is 0 Å². The molecule has 1 aromatic rings. The zero-order chi connectivity index (χ0) is 14.4. The fourth-order valence-corrected chi connectivity index (χ4v) is 2.84. The molecule has 0 bridgehead atoms. The monoisotopic (exact) mass is 277 g/mol. The van der Waals surface area contributed by atoms with Crippen molar-refractivity contribution in [3.63, 3.8) is 0 Å². The van der Waals surface area contributed by atoms with E-state index in [2.05, 4.69) is 37.4 Å². The fraction of sp³-hybridized carbons (Fsp3) is 0.647. The quantitative estimate of drug-likeness (QED) is 0.828. The van der Waals surface area contributed by atoms with E-state index in [1.165, 1.54) is 11.1 Å². The zero-order valence-corrected chi connectivity index (χ0v) is 12.9. The summed E-state index contributed by atoms with van der Waals surface area (Å²) in [5, 5.41) is 3.69. The Hall–Kier alpha value is -1.06. The van der Waals surface area contributed by atoms with Crippen LogP contribution in [0.1, 0.15) is 43.9 Å². The lowest BCUT2D eigenvalue weighted by atomic mass is 9.90. The van der Waals surface area contributed by atoms with Gasteiger partial charge >= 0.3 is 0 Å². The Bertz CT molecular complexity index is 413. The van der Waals surface area contributed by atoms with Crippen LogP contribution in [0.25, 0.3) is 0 Å². The van der Waals surface area contributed by atoms with E-state index in [4.69, 9.17) is 9.47 Å². The first-order valence-electron chi connectivity index (χ1n) is 7.80. The average molecular weight is 277 g/mol. The molecule has 1 saturated heterocycles. The minimum Gasteiger partial charge on any atom is -0.494 e. The Kier molecular flexibility index (Phi) is 5.86. The third-order valence-corrected chi connectivity index (χ3v) is 3.85. The van der Waals surface area contributed by atoms with Crippen molar-refractivity contribution in [2.75, 3.05) is 26.4 Å². The minimum atomic E-state index is 0.332. The summed E-state index contributed by atoms with van der Waals surface area (Å²) in [5.74, 6) is 1.56. The summed E-state index contributed by atoms with van der Waals surface area (Å²) >= 11 is 0. The van der Waals surface area contributed by atoms with E-state index in [-0.39, 0.29) is 0 Å². The molecule has 1 aliphatic heterocycles. The molecule has 3 heteroatoms. The summed E-state index contributed by atoms with van der Waals surface area (Å²) in [6.07, 6.45) is 2.26. The van der Waals surface area contributed by atoms with E-state index in [0.717, 1.165) is 38.3 Å². The Morgan fingerprint density at radius 1 is 1.40 bits per heavy atom. The van der Waals surface area contributed by atoms with Gasteiger partial charge in [-0.2, -0.15) is 0 Å². The number of hydrogen-bond acceptors (Lipinski definition) is 3. The van der Waals surface area contributed by atoms with Crippen LogP contribution in [0.3, 0.4) is 0 Å². The molecule has 1 heterocycles. The highest BCUT2D eigenvalue weighted by molar-refractivity contribution is 5.39. The Morgan fingerprint density at radius 3 is 2.90 bits per heavy atom. The van der Waals surface area contributed by atoms with Crippen LogP contribution >= 0.6 is 0 Å². The molecule has 20 heavy (non-hydrogen) atoms. The highest BCUT2D eigenvalue weighted by Crippen LogP contribution is 2.35. The van der Waals surface area contributed by atoms with Gasteiger partial charge in [0.15, 0.2) is 0 Å². The molecule has 2 unspecified atom stereocenters. The molecule has 2 rings (SSSR count). The number of rotatable bonds is 7. The van der Waals surface area contributed by atoms with Crippen molar-refractivity contribution >= 4 is 0 Å². The van der Waals surface area contributed by atoms with Gasteiger partial charge in [0.05, 0.1) is 13.2 Å². The summed E-state index contributed by atoms with van der Waals surface area (Å²) in [7, 11) is 0. The molecule has 0 amide bonds. The molecule has 0 aliphatic carbocycles. The predicted octanol–water partition coefficient (Wildman–Crippen LogP) is 3.47. The van der Waals surface area contributed by atoms with Crippen molar-refractivity contribution in [1.82, 2.24) is 5.32 Å². The van der Waals surface area contributed by atoms with E-state index in [0.29, 0.717) is 18.6 Å². The van der Waals surface area contributed by atoms with Crippen molar-refractivity contribution in [2.24, 2.45) is 5.92 Å². The van der Waals surface area contributed by atoms with Crippen molar-refractivity contribution in [3.05, 3.63) is 29.3 Å². The van der Waals surface area contributed by atoms with Crippen molar-refractivity contribution < 1.29 is 9.47 Å². The Balaban J connectivity index is 2.27. The van der Waals surface area contributed by atoms with Crippen LogP contribution in [-0.4, -0.2) is 26.4 Å². The van der Waals surface area contributed by atoms with Crippen LogP contribution in [0, 0.1) is 12.8 Å². The SMILES string of the molecule is CCCNC(c1cc(C)ccc1OCC)C1CCOC1. The lowest BCUT2D eigenvalue weighted by Crippen LogP contribution is -2.30. The van der Waals surface area contributed by atoms with Crippen molar-refractivity contribution in [2.45, 2.75) is 39.7 Å². The second kappa shape index (κ2) is 7.65. The Morgan fingerprint density at radius 2 is 2.25 bits per heavy atom. The van der Waals surface area contributed by atoms with Crippen LogP contribution < -0.4 is 10.1 Å². The van der Waals surface area contributed by atoms with E-state index in [1.54, 1.807) is 0 Å². The third kappa shape index (κ3) is 3.74. The first kappa shape index (κ1) is 15.3. The van der Waals surface area contributed by atoms with E-state index in [1.807, 2.05) is 6.92 Å². The number of aryl methyl sites for hydroxylation is 1. The first-order valence-corrected chi connectivity index (χ1v) is 7.80. The standard InChI is InChI=1S/C17H27NO2/c1-4-9-18-17(14-8-10-19-12-14)15-11-13(3)6-7-16(15)20-5-2/h6-7,11,14,17-18H,4-5,8-10,12H2,1-3H3. The molecule has 1 fully saturated rings. The van der Waals surface area contributed by atoms with Gasteiger partial charge in [-0.25, -0.2) is 0 Å². The summed E-state index contributed by atoms with van der Waals surface area (Å²) in [5.41, 5.74) is 2.57. The molecule has 0 spiro atoms. The number of nitrogens with one attached hydrogen (secondary N) is 1. The molecular formula is C17H27NO2. The van der Waals surface area contributed by atoms with Crippen LogP contribution in [0.5, 0.6) is 5.75 Å². The van der Waals surface area contributed by atoms with E-state index < -0.39 is 0 Å². The van der Waals surface area contributed by atoms with E-state index >= 15 is 0 Å². The molecule has 1 aromatic carbocycles. The smallest absolute Gasteiger partial charge is 0.124 e. The van der Waals surface area contributed by atoms with E-state index in [9.17, 15) is 0 Å². The van der Waals surface area contributed by atoms with Gasteiger partial charge in [0.25, 0.3) is 0 Å². The predicted molar refractivity (Wildman–Crippen MR) is 82.3 cm³/mol. The van der Waals surface area contributed by atoms with Gasteiger partial charge in [-0.05, 0) is 39.3 Å². The zero-order valence-electron chi connectivity index (χ0n) is 12.9. The lowest BCUT2D eigenvalue weighted by molar-refractivity contribution is 0.176. The summed E-state index contributed by atoms with van der Waals surface area (Å²) < 4.78 is 11.4. The average Bonchev–Trinajstić information content (AvgIpc) is 2.96. The topological polar surface area (TPSA) is 30.5 Å². The maximum absolute atomic E-state index is 5.83. The maximum Gasteiger partial charge on any atom is 0.124 e. The highest BCUT2D eigenvalue weighted by atomic mass is 16.5. The largest absolute Gasteiger partial charge is 0.494 e. The van der Waals surface area contributed by atoms with Crippen molar-refractivity contribution in [1.29, 1.82) is 0 Å². The van der Waals surface area contributed by atoms with Gasteiger partial charge in [0.2, 0.25) is 0 Å². The number of ether oxygens (including phenoxy) is 2. The second-order valence-electron chi connectivity index (χ2n) is 5.53. The summed E-state index contributed by atoms with van der Waals surface area (Å²) in [6.45, 7) is 9.84.